The monoisotopic (exact) mass is 543 g/mol. The molecular weight excluding hydrogens is 510 g/mol. The predicted molar refractivity (Wildman–Crippen MR) is 150 cm³/mol. The molecule has 3 atom stereocenters. The Bertz CT molecular complexity index is 1550. The Labute approximate surface area is 232 Å². The van der Waals surface area contributed by atoms with Gasteiger partial charge in [0.2, 0.25) is 5.91 Å². The standard InChI is InChI=1S/C31H33N3O6/c1-20(8-6-12-28(36)34-18-22-10-5-4-9-21(22)16-24(34)19-35)31(39)25-17-23(13-14-26(25)32(2)30(31)38)33-15-7-11-27(40-3)29(33)37/h4-11,13-15,17,20,24,35,39H,12,16,18-19H2,1-3H3/b8-6+/t20-,24-,31+/m0/s1. The van der Waals surface area contributed by atoms with Gasteiger partial charge in [-0.3, -0.25) is 19.0 Å². The number of hydrogen-bond donors (Lipinski definition) is 2. The summed E-state index contributed by atoms with van der Waals surface area (Å²) in [6.45, 7) is 2.02. The number of fused-ring (bicyclic) bond motifs is 2. The van der Waals surface area contributed by atoms with E-state index in [2.05, 4.69) is 0 Å². The zero-order chi connectivity index (χ0) is 28.6. The van der Waals surface area contributed by atoms with E-state index in [1.54, 1.807) is 67.6 Å². The SMILES string of the molecule is COc1cccn(-c2ccc3c(c2)[C@](O)([C@@H](C)/C=C/CC(=O)N2Cc4ccccc4C[C@H]2CO)C(=O)N3C)c1=O. The number of aliphatic hydroxyl groups is 2. The van der Waals surface area contributed by atoms with E-state index in [0.29, 0.717) is 29.9 Å². The first kappa shape index (κ1) is 27.4. The van der Waals surface area contributed by atoms with Crippen molar-refractivity contribution in [3.63, 3.8) is 0 Å². The highest BCUT2D eigenvalue weighted by Crippen LogP contribution is 2.45. The van der Waals surface area contributed by atoms with Gasteiger partial charge in [-0.1, -0.05) is 43.3 Å². The van der Waals surface area contributed by atoms with Gasteiger partial charge in [0.05, 0.1) is 25.4 Å². The van der Waals surface area contributed by atoms with Crippen LogP contribution in [0.2, 0.25) is 0 Å². The molecule has 0 radical (unpaired) electrons. The molecule has 0 saturated carbocycles. The number of anilines is 1. The van der Waals surface area contributed by atoms with E-state index in [1.165, 1.54) is 16.6 Å². The first-order chi connectivity index (χ1) is 19.2. The average Bonchev–Trinajstić information content (AvgIpc) is 3.17. The highest BCUT2D eigenvalue weighted by Gasteiger charge is 2.51. The molecule has 0 spiro atoms. The minimum Gasteiger partial charge on any atom is -0.491 e. The zero-order valence-electron chi connectivity index (χ0n) is 22.8. The van der Waals surface area contributed by atoms with Gasteiger partial charge in [0.1, 0.15) is 0 Å². The van der Waals surface area contributed by atoms with Crippen LogP contribution in [0.4, 0.5) is 5.69 Å². The van der Waals surface area contributed by atoms with Gasteiger partial charge < -0.3 is 24.7 Å². The molecule has 208 valence electrons. The van der Waals surface area contributed by atoms with E-state index < -0.39 is 17.4 Å². The van der Waals surface area contributed by atoms with Gasteiger partial charge in [0, 0.05) is 43.4 Å². The van der Waals surface area contributed by atoms with Crippen molar-refractivity contribution in [3.05, 3.63) is 100.0 Å². The second-order valence-corrected chi connectivity index (χ2v) is 10.3. The Morgan fingerprint density at radius 3 is 2.62 bits per heavy atom. The van der Waals surface area contributed by atoms with Crippen LogP contribution in [-0.4, -0.2) is 58.3 Å². The number of rotatable bonds is 7. The van der Waals surface area contributed by atoms with E-state index in [1.807, 2.05) is 24.3 Å². The van der Waals surface area contributed by atoms with Crippen molar-refractivity contribution in [1.29, 1.82) is 0 Å². The summed E-state index contributed by atoms with van der Waals surface area (Å²) in [5.74, 6) is -1.13. The predicted octanol–water partition coefficient (Wildman–Crippen LogP) is 2.54. The van der Waals surface area contributed by atoms with Crippen molar-refractivity contribution in [3.8, 4) is 11.4 Å². The molecule has 40 heavy (non-hydrogen) atoms. The Kier molecular flexibility index (Phi) is 7.35. The number of aromatic nitrogens is 1. The number of carbonyl (C=O) groups excluding carboxylic acids is 2. The topological polar surface area (TPSA) is 112 Å². The van der Waals surface area contributed by atoms with Gasteiger partial charge in [0.15, 0.2) is 11.4 Å². The highest BCUT2D eigenvalue weighted by atomic mass is 16.5. The molecule has 5 rings (SSSR count). The molecule has 9 nitrogen and oxygen atoms in total. The lowest BCUT2D eigenvalue weighted by molar-refractivity contribution is -0.139. The molecule has 0 aliphatic carbocycles. The summed E-state index contributed by atoms with van der Waals surface area (Å²) >= 11 is 0. The summed E-state index contributed by atoms with van der Waals surface area (Å²) in [4.78, 5) is 42.4. The summed E-state index contributed by atoms with van der Waals surface area (Å²) in [6, 6.07) is 15.9. The maximum atomic E-state index is 13.3. The van der Waals surface area contributed by atoms with E-state index in [4.69, 9.17) is 4.74 Å². The second kappa shape index (κ2) is 10.7. The van der Waals surface area contributed by atoms with E-state index >= 15 is 0 Å². The minimum atomic E-state index is -1.89. The molecule has 2 aromatic carbocycles. The first-order valence-corrected chi connectivity index (χ1v) is 13.3. The average molecular weight is 544 g/mol. The molecule has 2 aliphatic rings. The maximum absolute atomic E-state index is 13.3. The Balaban J connectivity index is 1.38. The number of amides is 2. The van der Waals surface area contributed by atoms with Crippen LogP contribution in [0.3, 0.4) is 0 Å². The van der Waals surface area contributed by atoms with Crippen LogP contribution in [0, 0.1) is 5.92 Å². The third-order valence-corrected chi connectivity index (χ3v) is 8.06. The molecular formula is C31H33N3O6. The quantitative estimate of drug-likeness (QED) is 0.443. The van der Waals surface area contributed by atoms with Crippen LogP contribution in [0.5, 0.6) is 5.75 Å². The van der Waals surface area contributed by atoms with Gasteiger partial charge in [-0.25, -0.2) is 0 Å². The fraction of sp³-hybridized carbons (Fsp3) is 0.323. The van der Waals surface area contributed by atoms with Gasteiger partial charge in [-0.15, -0.1) is 0 Å². The van der Waals surface area contributed by atoms with Crippen molar-refractivity contribution in [2.45, 2.75) is 38.0 Å². The molecule has 0 bridgehead atoms. The van der Waals surface area contributed by atoms with Gasteiger partial charge in [0.25, 0.3) is 11.5 Å². The van der Waals surface area contributed by atoms with Crippen LogP contribution < -0.4 is 15.2 Å². The Hall–Kier alpha value is -4.21. The number of methoxy groups -OCH3 is 1. The molecule has 0 unspecified atom stereocenters. The third-order valence-electron chi connectivity index (χ3n) is 8.06. The van der Waals surface area contributed by atoms with Crippen LogP contribution in [-0.2, 0) is 28.2 Å². The fourth-order valence-electron chi connectivity index (χ4n) is 5.70. The highest BCUT2D eigenvalue weighted by molar-refractivity contribution is 6.07. The van der Waals surface area contributed by atoms with Crippen molar-refractivity contribution >= 4 is 17.5 Å². The molecule has 3 aromatic rings. The molecule has 0 saturated heterocycles. The zero-order valence-corrected chi connectivity index (χ0v) is 22.8. The summed E-state index contributed by atoms with van der Waals surface area (Å²) in [6.07, 6.45) is 5.60. The summed E-state index contributed by atoms with van der Waals surface area (Å²) in [7, 11) is 3.02. The lowest BCUT2D eigenvalue weighted by atomic mass is 9.82. The van der Waals surface area contributed by atoms with Crippen LogP contribution in [0.1, 0.15) is 30.0 Å². The van der Waals surface area contributed by atoms with Gasteiger partial charge in [-0.05, 0) is 47.9 Å². The smallest absolute Gasteiger partial charge is 0.297 e. The molecule has 9 heteroatoms. The van der Waals surface area contributed by atoms with Crippen LogP contribution in [0.15, 0.2) is 77.7 Å². The minimum absolute atomic E-state index is 0.0647. The summed E-state index contributed by atoms with van der Waals surface area (Å²) in [5, 5.41) is 21.7. The number of ether oxygens (including phenoxy) is 1. The molecule has 2 aliphatic heterocycles. The van der Waals surface area contributed by atoms with Crippen molar-refractivity contribution in [1.82, 2.24) is 9.47 Å². The van der Waals surface area contributed by atoms with Crippen LogP contribution in [0.25, 0.3) is 5.69 Å². The van der Waals surface area contributed by atoms with Crippen molar-refractivity contribution in [2.24, 2.45) is 5.92 Å². The number of likely N-dealkylation sites (N-methyl/N-ethyl adjacent to an activating group) is 1. The Morgan fingerprint density at radius 1 is 1.15 bits per heavy atom. The van der Waals surface area contributed by atoms with Crippen molar-refractivity contribution in [2.75, 3.05) is 25.7 Å². The lowest BCUT2D eigenvalue weighted by Crippen LogP contribution is -2.46. The largest absolute Gasteiger partial charge is 0.491 e. The summed E-state index contributed by atoms with van der Waals surface area (Å²) in [5.41, 5.74) is 1.35. The molecule has 2 amide bonds. The Morgan fingerprint density at radius 2 is 1.90 bits per heavy atom. The number of pyridine rings is 1. The lowest BCUT2D eigenvalue weighted by Gasteiger charge is -2.36. The maximum Gasteiger partial charge on any atom is 0.297 e. The summed E-state index contributed by atoms with van der Waals surface area (Å²) < 4.78 is 6.55. The number of hydrogen-bond acceptors (Lipinski definition) is 6. The second-order valence-electron chi connectivity index (χ2n) is 10.3. The van der Waals surface area contributed by atoms with Crippen molar-refractivity contribution < 1.29 is 24.5 Å². The van der Waals surface area contributed by atoms with Gasteiger partial charge in [-0.2, -0.15) is 0 Å². The normalized spacial score (nSPS) is 20.9. The van der Waals surface area contributed by atoms with Crippen LogP contribution >= 0.6 is 0 Å². The number of benzene rings is 2. The molecule has 0 fully saturated rings. The van der Waals surface area contributed by atoms with E-state index in [-0.39, 0.29) is 36.3 Å². The van der Waals surface area contributed by atoms with Gasteiger partial charge >= 0.3 is 0 Å². The molecule has 3 heterocycles. The van der Waals surface area contributed by atoms with E-state index in [9.17, 15) is 24.6 Å². The number of aliphatic hydroxyl groups excluding tert-OH is 1. The third kappa shape index (κ3) is 4.51. The first-order valence-electron chi connectivity index (χ1n) is 13.3. The molecule has 2 N–H and O–H groups in total. The fourth-order valence-corrected chi connectivity index (χ4v) is 5.70. The number of carbonyl (C=O) groups is 2. The number of nitrogens with zero attached hydrogens (tertiary/aromatic N) is 3. The molecule has 1 aromatic heterocycles. The van der Waals surface area contributed by atoms with E-state index in [0.717, 1.165) is 11.1 Å².